The normalized spacial score (nSPS) is 20.2. The van der Waals surface area contributed by atoms with E-state index >= 15 is 0 Å². The molecule has 0 saturated carbocycles. The van der Waals surface area contributed by atoms with Gasteiger partial charge in [-0.05, 0) is 23.5 Å². The summed E-state index contributed by atoms with van der Waals surface area (Å²) in [5, 5.41) is 28.9. The molecule has 0 spiro atoms. The van der Waals surface area contributed by atoms with Gasteiger partial charge in [-0.1, -0.05) is 13.8 Å². The second-order valence-corrected chi connectivity index (χ2v) is 7.74. The molecule has 28 heavy (non-hydrogen) atoms. The van der Waals surface area contributed by atoms with E-state index in [2.05, 4.69) is 15.4 Å². The number of nitrogens with one attached hydrogen (secondary N) is 1. The van der Waals surface area contributed by atoms with Gasteiger partial charge in [0.25, 0.3) is 0 Å². The third kappa shape index (κ3) is 2.68. The van der Waals surface area contributed by atoms with E-state index in [0.717, 1.165) is 5.70 Å². The quantitative estimate of drug-likeness (QED) is 0.608. The van der Waals surface area contributed by atoms with Crippen LogP contribution in [0.4, 0.5) is 11.6 Å². The molecule has 1 aromatic carbocycles. The molecular weight excluding hydrogens is 366 g/mol. The summed E-state index contributed by atoms with van der Waals surface area (Å²) < 4.78 is 6.63. The van der Waals surface area contributed by atoms with Crippen molar-refractivity contribution in [2.75, 3.05) is 12.4 Å². The minimum absolute atomic E-state index is 0.0462. The fourth-order valence-corrected chi connectivity index (χ4v) is 3.92. The average Bonchev–Trinajstić information content (AvgIpc) is 3.07. The number of phenols is 1. The first kappa shape index (κ1) is 18.0. The summed E-state index contributed by atoms with van der Waals surface area (Å²) >= 11 is 0. The molecule has 2 heterocycles. The predicted molar refractivity (Wildman–Crippen MR) is 98.1 cm³/mol. The van der Waals surface area contributed by atoms with Crippen LogP contribution in [0.5, 0.6) is 11.5 Å². The Balaban J connectivity index is 1.96. The number of nitro groups is 1. The number of Topliss-reactive ketones (excluding diaryl/α,β-unsaturated/α-hetero) is 1. The number of allylic oxidation sites excluding steroid dienone is 2. The number of anilines is 1. The molecule has 1 aliphatic carbocycles. The minimum atomic E-state index is -0.703. The molecule has 2 aliphatic rings. The molecule has 4 rings (SSSR count). The van der Waals surface area contributed by atoms with Crippen LogP contribution in [0, 0.1) is 15.5 Å². The number of ketones is 1. The molecule has 10 nitrogen and oxygen atoms in total. The molecule has 1 aromatic heterocycles. The van der Waals surface area contributed by atoms with Gasteiger partial charge in [-0.3, -0.25) is 14.9 Å². The highest BCUT2D eigenvalue weighted by Gasteiger charge is 2.42. The number of hydrogen-bond acceptors (Lipinski definition) is 8. The summed E-state index contributed by atoms with van der Waals surface area (Å²) in [6.07, 6.45) is 2.34. The van der Waals surface area contributed by atoms with Crippen molar-refractivity contribution in [3.63, 3.8) is 0 Å². The number of carbonyl (C=O) groups excluding carboxylic acids is 1. The average molecular weight is 385 g/mol. The first-order chi connectivity index (χ1) is 13.2. The Labute approximate surface area is 160 Å². The standard InChI is InChI=1S/C18H19N5O5/c1-18(2)6-10-14(12(24)7-18)15(22-17(21-10)19-8-20-22)9-4-11(23(26)27)16(25)13(5-9)28-3/h4-5,8,15,25H,6-7H2,1-3H3,(H,19,20,21)/t15-/m1/s1. The van der Waals surface area contributed by atoms with Crippen molar-refractivity contribution in [2.45, 2.75) is 32.7 Å². The van der Waals surface area contributed by atoms with Crippen LogP contribution in [0.2, 0.25) is 0 Å². The third-order valence-corrected chi connectivity index (χ3v) is 5.08. The zero-order chi connectivity index (χ0) is 20.2. The highest BCUT2D eigenvalue weighted by Crippen LogP contribution is 2.47. The molecule has 2 aromatic rings. The number of aromatic nitrogens is 3. The molecule has 0 unspecified atom stereocenters. The molecule has 0 radical (unpaired) electrons. The van der Waals surface area contributed by atoms with Gasteiger partial charge in [0.05, 0.1) is 12.0 Å². The van der Waals surface area contributed by atoms with Gasteiger partial charge >= 0.3 is 5.69 Å². The van der Waals surface area contributed by atoms with E-state index in [-0.39, 0.29) is 16.9 Å². The van der Waals surface area contributed by atoms with Gasteiger partial charge in [-0.25, -0.2) is 4.68 Å². The highest BCUT2D eigenvalue weighted by molar-refractivity contribution is 6.00. The van der Waals surface area contributed by atoms with Gasteiger partial charge in [0.15, 0.2) is 11.5 Å². The Morgan fingerprint density at radius 2 is 2.14 bits per heavy atom. The number of phenolic OH excluding ortho intramolecular Hbond substituents is 1. The summed E-state index contributed by atoms with van der Waals surface area (Å²) in [4.78, 5) is 27.9. The number of ether oxygens (including phenoxy) is 1. The zero-order valence-electron chi connectivity index (χ0n) is 15.6. The van der Waals surface area contributed by atoms with Crippen molar-refractivity contribution in [3.8, 4) is 11.5 Å². The minimum Gasteiger partial charge on any atom is -0.500 e. The van der Waals surface area contributed by atoms with E-state index in [9.17, 15) is 20.0 Å². The lowest BCUT2D eigenvalue weighted by atomic mass is 9.73. The predicted octanol–water partition coefficient (Wildman–Crippen LogP) is 2.56. The number of fused-ring (bicyclic) bond motifs is 1. The van der Waals surface area contributed by atoms with Crippen molar-refractivity contribution in [2.24, 2.45) is 5.41 Å². The van der Waals surface area contributed by atoms with E-state index in [4.69, 9.17) is 4.74 Å². The van der Waals surface area contributed by atoms with Gasteiger partial charge in [0.2, 0.25) is 11.7 Å². The lowest BCUT2D eigenvalue weighted by Crippen LogP contribution is -2.36. The van der Waals surface area contributed by atoms with Gasteiger partial charge in [0, 0.05) is 23.8 Å². The van der Waals surface area contributed by atoms with Gasteiger partial charge in [-0.15, -0.1) is 0 Å². The molecule has 146 valence electrons. The highest BCUT2D eigenvalue weighted by atomic mass is 16.6. The number of benzene rings is 1. The molecule has 1 aliphatic heterocycles. The van der Waals surface area contributed by atoms with Crippen molar-refractivity contribution >= 4 is 17.4 Å². The summed E-state index contributed by atoms with van der Waals surface area (Å²) in [6.45, 7) is 4.03. The summed E-state index contributed by atoms with van der Waals surface area (Å²) in [6, 6.07) is 2.03. The van der Waals surface area contributed by atoms with E-state index in [0.29, 0.717) is 29.9 Å². The van der Waals surface area contributed by atoms with Crippen LogP contribution >= 0.6 is 0 Å². The molecule has 0 bridgehead atoms. The number of carbonyl (C=O) groups is 1. The maximum Gasteiger partial charge on any atom is 0.315 e. The molecule has 0 fully saturated rings. The lowest BCUT2D eigenvalue weighted by molar-refractivity contribution is -0.386. The topological polar surface area (TPSA) is 132 Å². The smallest absolute Gasteiger partial charge is 0.315 e. The summed E-state index contributed by atoms with van der Waals surface area (Å²) in [5.41, 5.74) is 0.935. The summed E-state index contributed by atoms with van der Waals surface area (Å²) in [7, 11) is 1.31. The number of nitrogens with zero attached hydrogens (tertiary/aromatic N) is 4. The fraction of sp³-hybridized carbons (Fsp3) is 0.389. The molecule has 0 amide bonds. The Morgan fingerprint density at radius 1 is 1.39 bits per heavy atom. The number of nitro benzene ring substituents is 1. The Bertz CT molecular complexity index is 1040. The van der Waals surface area contributed by atoms with E-state index in [1.165, 1.54) is 30.3 Å². The number of hydrogen-bond donors (Lipinski definition) is 2. The van der Waals surface area contributed by atoms with Crippen LogP contribution < -0.4 is 10.1 Å². The van der Waals surface area contributed by atoms with Crippen molar-refractivity contribution in [1.29, 1.82) is 0 Å². The monoisotopic (exact) mass is 385 g/mol. The largest absolute Gasteiger partial charge is 0.500 e. The van der Waals surface area contributed by atoms with Crippen molar-refractivity contribution in [1.82, 2.24) is 14.8 Å². The van der Waals surface area contributed by atoms with Crippen LogP contribution in [0.15, 0.2) is 29.7 Å². The van der Waals surface area contributed by atoms with Gasteiger partial charge in [-0.2, -0.15) is 10.1 Å². The molecular formula is C18H19N5O5. The second kappa shape index (κ2) is 6.04. The Hall–Kier alpha value is -3.43. The van der Waals surface area contributed by atoms with Crippen LogP contribution in [-0.4, -0.2) is 37.7 Å². The summed E-state index contributed by atoms with van der Waals surface area (Å²) in [5.74, 6) is -0.215. The Morgan fingerprint density at radius 3 is 2.82 bits per heavy atom. The molecule has 0 saturated heterocycles. The second-order valence-electron chi connectivity index (χ2n) is 7.74. The van der Waals surface area contributed by atoms with Crippen molar-refractivity contribution < 1.29 is 19.6 Å². The van der Waals surface area contributed by atoms with Gasteiger partial charge < -0.3 is 15.2 Å². The maximum atomic E-state index is 13.0. The molecule has 2 N–H and O–H groups in total. The number of rotatable bonds is 3. The zero-order valence-corrected chi connectivity index (χ0v) is 15.6. The van der Waals surface area contributed by atoms with Crippen LogP contribution in [0.25, 0.3) is 0 Å². The number of methoxy groups -OCH3 is 1. The van der Waals surface area contributed by atoms with E-state index < -0.39 is 22.4 Å². The van der Waals surface area contributed by atoms with Crippen LogP contribution in [0.1, 0.15) is 38.3 Å². The third-order valence-electron chi connectivity index (χ3n) is 5.08. The van der Waals surface area contributed by atoms with Gasteiger partial charge in [0.1, 0.15) is 12.4 Å². The molecule has 10 heteroatoms. The van der Waals surface area contributed by atoms with Crippen LogP contribution in [-0.2, 0) is 4.79 Å². The Kier molecular flexibility index (Phi) is 3.88. The fourth-order valence-electron chi connectivity index (χ4n) is 3.92. The first-order valence-electron chi connectivity index (χ1n) is 8.70. The lowest BCUT2D eigenvalue weighted by Gasteiger charge is -2.38. The SMILES string of the molecule is COc1cc([C@@H]2C3=C(CC(C)(C)CC3=O)Nc3ncnn32)cc([N+](=O)[O-])c1O. The van der Waals surface area contributed by atoms with Crippen molar-refractivity contribution in [3.05, 3.63) is 45.4 Å². The number of aromatic hydroxyl groups is 1. The maximum absolute atomic E-state index is 13.0. The van der Waals surface area contributed by atoms with E-state index in [1.807, 2.05) is 13.8 Å². The molecule has 1 atom stereocenters. The van der Waals surface area contributed by atoms with E-state index in [1.54, 1.807) is 0 Å². The first-order valence-corrected chi connectivity index (χ1v) is 8.70. The van der Waals surface area contributed by atoms with Crippen LogP contribution in [0.3, 0.4) is 0 Å².